The van der Waals surface area contributed by atoms with Crippen molar-refractivity contribution >= 4 is 35.8 Å². The van der Waals surface area contributed by atoms with Gasteiger partial charge in [0.2, 0.25) is 5.91 Å². The molecule has 8 heteroatoms. The predicted molar refractivity (Wildman–Crippen MR) is 127 cm³/mol. The molecule has 3 N–H and O–H groups in total. The highest BCUT2D eigenvalue weighted by molar-refractivity contribution is 14.0. The fourth-order valence-electron chi connectivity index (χ4n) is 3.28. The lowest BCUT2D eigenvalue weighted by Crippen LogP contribution is -2.46. The molecule has 29 heavy (non-hydrogen) atoms. The first kappa shape index (κ1) is 25.5. The largest absolute Gasteiger partial charge is 0.491 e. The van der Waals surface area contributed by atoms with Gasteiger partial charge in [0.05, 0.1) is 6.54 Å². The van der Waals surface area contributed by atoms with Crippen LogP contribution in [-0.4, -0.2) is 67.8 Å². The number of nitrogens with one attached hydrogen (secondary N) is 2. The van der Waals surface area contributed by atoms with E-state index in [-0.39, 0.29) is 43.0 Å². The zero-order chi connectivity index (χ0) is 20.4. The highest BCUT2D eigenvalue weighted by Crippen LogP contribution is 2.20. The van der Waals surface area contributed by atoms with E-state index in [9.17, 15) is 9.90 Å². The number of amides is 1. The normalized spacial score (nSPS) is 16.0. The molecule has 1 aliphatic rings. The van der Waals surface area contributed by atoms with Crippen molar-refractivity contribution in [2.75, 3.05) is 39.8 Å². The molecule has 1 aromatic rings. The first-order valence-electron chi connectivity index (χ1n) is 10.1. The van der Waals surface area contributed by atoms with Crippen LogP contribution in [0.5, 0.6) is 5.75 Å². The summed E-state index contributed by atoms with van der Waals surface area (Å²) in [5, 5.41) is 16.2. The van der Waals surface area contributed by atoms with Gasteiger partial charge in [-0.15, -0.1) is 24.0 Å². The van der Waals surface area contributed by atoms with E-state index in [0.717, 1.165) is 49.7 Å². The second kappa shape index (κ2) is 13.6. The fraction of sp³-hybridized carbons (Fsp3) is 0.619. The molecule has 1 amide bonds. The van der Waals surface area contributed by atoms with Gasteiger partial charge in [-0.3, -0.25) is 9.79 Å². The molecule has 0 spiro atoms. The summed E-state index contributed by atoms with van der Waals surface area (Å²) >= 11 is 0. The van der Waals surface area contributed by atoms with Crippen molar-refractivity contribution < 1.29 is 14.6 Å². The Morgan fingerprint density at radius 1 is 1.38 bits per heavy atom. The van der Waals surface area contributed by atoms with Crippen LogP contribution in [0.2, 0.25) is 0 Å². The highest BCUT2D eigenvalue weighted by atomic mass is 127. The number of benzene rings is 1. The fourth-order valence-corrected chi connectivity index (χ4v) is 3.28. The van der Waals surface area contributed by atoms with Gasteiger partial charge in [0.15, 0.2) is 5.96 Å². The van der Waals surface area contributed by atoms with Gasteiger partial charge in [-0.2, -0.15) is 0 Å². The molecule has 1 aliphatic heterocycles. The van der Waals surface area contributed by atoms with E-state index in [0.29, 0.717) is 12.3 Å². The molecule has 0 radical (unpaired) electrons. The number of rotatable bonds is 8. The maximum Gasteiger partial charge on any atom is 0.220 e. The summed E-state index contributed by atoms with van der Waals surface area (Å²) in [6, 6.07) is 7.78. The molecule has 1 saturated heterocycles. The van der Waals surface area contributed by atoms with Crippen LogP contribution in [0.1, 0.15) is 31.7 Å². The molecular formula is C21H35IN4O3. The Labute approximate surface area is 191 Å². The van der Waals surface area contributed by atoms with Crippen molar-refractivity contribution in [3.63, 3.8) is 0 Å². The Balaban J connectivity index is 0.00000420. The number of aryl methyl sites for hydroxylation is 1. The average Bonchev–Trinajstić information content (AvgIpc) is 2.70. The number of hydrogen-bond donors (Lipinski definition) is 3. The number of aliphatic hydroxyl groups excluding tert-OH is 1. The summed E-state index contributed by atoms with van der Waals surface area (Å²) in [7, 11) is 1.68. The second-order valence-electron chi connectivity index (χ2n) is 7.28. The molecule has 0 bridgehead atoms. The number of carbonyl (C=O) groups excluding carboxylic acids is 1. The van der Waals surface area contributed by atoms with Gasteiger partial charge in [0.1, 0.15) is 18.5 Å². The molecule has 7 nitrogen and oxygen atoms in total. The Hall–Kier alpha value is -1.55. The Morgan fingerprint density at radius 3 is 2.72 bits per heavy atom. The van der Waals surface area contributed by atoms with Crippen LogP contribution in [0.15, 0.2) is 29.3 Å². The number of nitrogens with zero attached hydrogens (tertiary/aromatic N) is 2. The predicted octanol–water partition coefficient (Wildman–Crippen LogP) is 2.17. The van der Waals surface area contributed by atoms with Crippen molar-refractivity contribution in [1.82, 2.24) is 15.5 Å². The van der Waals surface area contributed by atoms with E-state index in [4.69, 9.17) is 4.74 Å². The smallest absolute Gasteiger partial charge is 0.220 e. The lowest BCUT2D eigenvalue weighted by Gasteiger charge is -2.34. The molecule has 0 aliphatic carbocycles. The van der Waals surface area contributed by atoms with Crippen LogP contribution >= 0.6 is 24.0 Å². The first-order valence-corrected chi connectivity index (χ1v) is 10.1. The van der Waals surface area contributed by atoms with Crippen molar-refractivity contribution in [3.8, 4) is 5.75 Å². The molecule has 0 saturated carbocycles. The number of aliphatic hydroxyl groups is 1. The summed E-state index contributed by atoms with van der Waals surface area (Å²) in [6.45, 7) is 7.03. The van der Waals surface area contributed by atoms with E-state index < -0.39 is 6.10 Å². The molecule has 1 unspecified atom stereocenters. The minimum Gasteiger partial charge on any atom is -0.491 e. The van der Waals surface area contributed by atoms with Gasteiger partial charge in [0.25, 0.3) is 0 Å². The number of carbonyl (C=O) groups is 1. The maximum atomic E-state index is 11.6. The zero-order valence-corrected chi connectivity index (χ0v) is 20.0. The minimum absolute atomic E-state index is 0. The van der Waals surface area contributed by atoms with Crippen LogP contribution in [-0.2, 0) is 4.79 Å². The summed E-state index contributed by atoms with van der Waals surface area (Å²) in [5.41, 5.74) is 1.12. The van der Waals surface area contributed by atoms with Crippen LogP contribution in [0.25, 0.3) is 0 Å². The topological polar surface area (TPSA) is 86.2 Å². The third-order valence-corrected chi connectivity index (χ3v) is 4.89. The van der Waals surface area contributed by atoms with Gasteiger partial charge < -0.3 is 25.4 Å². The third kappa shape index (κ3) is 9.20. The SMILES string of the molecule is CCNC(=NCC(O)COc1cccc(C)c1)N1CCC(CC(=O)NC)CC1.I. The van der Waals surface area contributed by atoms with E-state index in [1.165, 1.54) is 0 Å². The number of ether oxygens (including phenoxy) is 1. The number of guanidine groups is 1. The molecule has 1 aromatic carbocycles. The molecular weight excluding hydrogens is 483 g/mol. The Bertz CT molecular complexity index is 649. The van der Waals surface area contributed by atoms with Crippen LogP contribution in [0.4, 0.5) is 0 Å². The molecule has 1 fully saturated rings. The number of likely N-dealkylation sites (tertiary alicyclic amines) is 1. The monoisotopic (exact) mass is 518 g/mol. The van der Waals surface area contributed by atoms with E-state index in [1.54, 1.807) is 7.05 Å². The van der Waals surface area contributed by atoms with E-state index in [1.807, 2.05) is 38.1 Å². The quantitative estimate of drug-likeness (QED) is 0.279. The third-order valence-electron chi connectivity index (χ3n) is 4.89. The number of halogens is 1. The van der Waals surface area contributed by atoms with Crippen molar-refractivity contribution in [3.05, 3.63) is 29.8 Å². The second-order valence-corrected chi connectivity index (χ2v) is 7.28. The van der Waals surface area contributed by atoms with Crippen molar-refractivity contribution in [1.29, 1.82) is 0 Å². The molecule has 1 atom stereocenters. The number of hydrogen-bond acceptors (Lipinski definition) is 4. The van der Waals surface area contributed by atoms with Gasteiger partial charge in [-0.05, 0) is 50.3 Å². The Kier molecular flexibility index (Phi) is 12.0. The van der Waals surface area contributed by atoms with Crippen LogP contribution < -0.4 is 15.4 Å². The van der Waals surface area contributed by atoms with E-state index in [2.05, 4.69) is 20.5 Å². The molecule has 0 aromatic heterocycles. The summed E-state index contributed by atoms with van der Waals surface area (Å²) in [5.74, 6) is 2.10. The zero-order valence-electron chi connectivity index (χ0n) is 17.7. The summed E-state index contributed by atoms with van der Waals surface area (Å²) < 4.78 is 5.66. The Morgan fingerprint density at radius 2 is 2.10 bits per heavy atom. The van der Waals surface area contributed by atoms with Gasteiger partial charge in [0, 0.05) is 33.1 Å². The van der Waals surface area contributed by atoms with Crippen LogP contribution in [0, 0.1) is 12.8 Å². The first-order chi connectivity index (χ1) is 13.5. The average molecular weight is 518 g/mol. The lowest BCUT2D eigenvalue weighted by molar-refractivity contribution is -0.121. The van der Waals surface area contributed by atoms with Gasteiger partial charge in [-0.1, -0.05) is 12.1 Å². The van der Waals surface area contributed by atoms with Gasteiger partial charge >= 0.3 is 0 Å². The van der Waals surface area contributed by atoms with Gasteiger partial charge in [-0.25, -0.2) is 0 Å². The maximum absolute atomic E-state index is 11.6. The van der Waals surface area contributed by atoms with Crippen molar-refractivity contribution in [2.45, 2.75) is 39.2 Å². The molecule has 2 rings (SSSR count). The highest BCUT2D eigenvalue weighted by Gasteiger charge is 2.23. The summed E-state index contributed by atoms with van der Waals surface area (Å²) in [6.07, 6.45) is 1.86. The minimum atomic E-state index is -0.667. The van der Waals surface area contributed by atoms with Crippen LogP contribution in [0.3, 0.4) is 0 Å². The molecule has 164 valence electrons. The standard InChI is InChI=1S/C21H34N4O3.HI/c1-4-23-21(25-10-8-17(9-11-25)13-20(27)22-3)24-14-18(26)15-28-19-7-5-6-16(2)12-19;/h5-7,12,17-18,26H,4,8-11,13-15H2,1-3H3,(H,22,27)(H,23,24);1H. The lowest BCUT2D eigenvalue weighted by atomic mass is 9.93. The van der Waals surface area contributed by atoms with Crippen molar-refractivity contribution in [2.24, 2.45) is 10.9 Å². The molecule has 1 heterocycles. The summed E-state index contributed by atoms with van der Waals surface area (Å²) in [4.78, 5) is 18.4. The number of piperidine rings is 1. The van der Waals surface area contributed by atoms with E-state index >= 15 is 0 Å². The number of aliphatic imine (C=N–C) groups is 1.